The fourth-order valence-corrected chi connectivity index (χ4v) is 3.88. The molecular weight excluding hydrogens is 315 g/mol. The van der Waals surface area contributed by atoms with Crippen molar-refractivity contribution in [1.82, 2.24) is 15.3 Å². The predicted molar refractivity (Wildman–Crippen MR) is 67.2 cm³/mol. The van der Waals surface area contributed by atoms with Gasteiger partial charge >= 0.3 is 12.1 Å². The summed E-state index contributed by atoms with van der Waals surface area (Å²) >= 11 is 3.06. The zero-order valence-electron chi connectivity index (χ0n) is 10.5. The molecular formula is C10H12F3N3O2S2. The first kappa shape index (κ1) is 15.5. The van der Waals surface area contributed by atoms with Crippen LogP contribution in [0, 0.1) is 6.92 Å². The molecule has 5 nitrogen and oxygen atoms in total. The van der Waals surface area contributed by atoms with E-state index in [1.807, 2.05) is 6.92 Å². The van der Waals surface area contributed by atoms with Crippen molar-refractivity contribution in [2.24, 2.45) is 0 Å². The van der Waals surface area contributed by atoms with Crippen LogP contribution >= 0.6 is 23.1 Å². The van der Waals surface area contributed by atoms with Gasteiger partial charge in [0, 0.05) is 18.3 Å². The number of hydrogen-bond acceptors (Lipinski definition) is 7. The van der Waals surface area contributed by atoms with Crippen LogP contribution in [0.3, 0.4) is 0 Å². The Hall–Kier alpha value is -0.870. The number of aromatic nitrogens is 2. The Morgan fingerprint density at radius 2 is 2.05 bits per heavy atom. The molecule has 1 aromatic heterocycles. The van der Waals surface area contributed by atoms with Crippen molar-refractivity contribution in [2.75, 3.05) is 13.1 Å². The van der Waals surface area contributed by atoms with Crippen molar-refractivity contribution in [1.29, 1.82) is 0 Å². The summed E-state index contributed by atoms with van der Waals surface area (Å²) in [5.74, 6) is -2.16. The summed E-state index contributed by atoms with van der Waals surface area (Å²) in [6.45, 7) is 2.44. The molecule has 0 atom stereocenters. The van der Waals surface area contributed by atoms with Crippen LogP contribution in [-0.2, 0) is 9.63 Å². The SMILES string of the molecule is Cc1nnc(SC2CCN(OC(=O)C(F)(F)F)CC2)s1. The molecule has 0 saturated carbocycles. The van der Waals surface area contributed by atoms with E-state index >= 15 is 0 Å². The van der Waals surface area contributed by atoms with Crippen LogP contribution in [-0.4, -0.2) is 45.7 Å². The van der Waals surface area contributed by atoms with Gasteiger partial charge in [-0.2, -0.15) is 13.2 Å². The van der Waals surface area contributed by atoms with Crippen LogP contribution in [0.25, 0.3) is 0 Å². The molecule has 0 aromatic carbocycles. The number of hydroxylamine groups is 2. The van der Waals surface area contributed by atoms with Gasteiger partial charge in [0.25, 0.3) is 0 Å². The molecule has 1 saturated heterocycles. The van der Waals surface area contributed by atoms with E-state index in [1.165, 1.54) is 11.3 Å². The topological polar surface area (TPSA) is 55.3 Å². The molecule has 112 valence electrons. The van der Waals surface area contributed by atoms with Gasteiger partial charge in [-0.1, -0.05) is 23.1 Å². The first-order valence-corrected chi connectivity index (χ1v) is 7.55. The summed E-state index contributed by atoms with van der Waals surface area (Å²) in [4.78, 5) is 15.0. The third-order valence-corrected chi connectivity index (χ3v) is 4.88. The number of halogens is 3. The smallest absolute Gasteiger partial charge is 0.361 e. The van der Waals surface area contributed by atoms with Gasteiger partial charge in [0.05, 0.1) is 0 Å². The number of aryl methyl sites for hydroxylation is 1. The highest BCUT2D eigenvalue weighted by Gasteiger charge is 2.43. The Kier molecular flexibility index (Phi) is 4.86. The second-order valence-corrected chi connectivity index (χ2v) is 6.94. The normalized spacial score (nSPS) is 18.2. The summed E-state index contributed by atoms with van der Waals surface area (Å²) in [7, 11) is 0. The zero-order chi connectivity index (χ0) is 14.8. The minimum Gasteiger partial charge on any atom is -0.361 e. The Bertz CT molecular complexity index is 473. The largest absolute Gasteiger partial charge is 0.492 e. The second kappa shape index (κ2) is 6.27. The van der Waals surface area contributed by atoms with Crippen molar-refractivity contribution in [3.05, 3.63) is 5.01 Å². The highest BCUT2D eigenvalue weighted by molar-refractivity contribution is 8.01. The lowest BCUT2D eigenvalue weighted by molar-refractivity contribution is -0.240. The summed E-state index contributed by atoms with van der Waals surface area (Å²) in [5.41, 5.74) is 0. The van der Waals surface area contributed by atoms with Gasteiger partial charge < -0.3 is 4.84 Å². The number of carbonyl (C=O) groups is 1. The molecule has 1 fully saturated rings. The Balaban J connectivity index is 1.76. The van der Waals surface area contributed by atoms with Crippen LogP contribution in [0.2, 0.25) is 0 Å². The van der Waals surface area contributed by atoms with Crippen LogP contribution in [0.15, 0.2) is 4.34 Å². The first-order chi connectivity index (χ1) is 9.34. The molecule has 0 spiro atoms. The maximum atomic E-state index is 12.1. The average molecular weight is 327 g/mol. The van der Waals surface area contributed by atoms with Gasteiger partial charge in [0.15, 0.2) is 4.34 Å². The summed E-state index contributed by atoms with van der Waals surface area (Å²) < 4.78 is 37.0. The Labute approximate surface area is 121 Å². The number of carbonyl (C=O) groups excluding carboxylic acids is 1. The van der Waals surface area contributed by atoms with Gasteiger partial charge in [-0.05, 0) is 19.8 Å². The number of hydrogen-bond donors (Lipinski definition) is 0. The van der Waals surface area contributed by atoms with Crippen molar-refractivity contribution in [2.45, 2.75) is 35.5 Å². The summed E-state index contributed by atoms with van der Waals surface area (Å²) in [6, 6.07) is 0. The average Bonchev–Trinajstić information content (AvgIpc) is 2.76. The maximum absolute atomic E-state index is 12.1. The maximum Gasteiger partial charge on any atom is 0.492 e. The molecule has 0 bridgehead atoms. The molecule has 2 heterocycles. The van der Waals surface area contributed by atoms with Crippen molar-refractivity contribution in [3.8, 4) is 0 Å². The lowest BCUT2D eigenvalue weighted by atomic mass is 10.1. The van der Waals surface area contributed by atoms with Gasteiger partial charge in [-0.15, -0.1) is 15.3 Å². The second-order valence-electron chi connectivity index (χ2n) is 4.21. The highest BCUT2D eigenvalue weighted by Crippen LogP contribution is 2.32. The minimum atomic E-state index is -4.95. The fraction of sp³-hybridized carbons (Fsp3) is 0.700. The molecule has 1 aromatic rings. The van der Waals surface area contributed by atoms with Gasteiger partial charge in [-0.25, -0.2) is 4.79 Å². The van der Waals surface area contributed by atoms with E-state index in [0.717, 1.165) is 14.4 Å². The third kappa shape index (κ3) is 4.32. The quantitative estimate of drug-likeness (QED) is 0.850. The Morgan fingerprint density at radius 3 is 2.55 bits per heavy atom. The molecule has 1 aliphatic heterocycles. The third-order valence-electron chi connectivity index (χ3n) is 2.62. The van der Waals surface area contributed by atoms with E-state index in [0.29, 0.717) is 12.8 Å². The lowest BCUT2D eigenvalue weighted by Crippen LogP contribution is -2.40. The molecule has 0 aliphatic carbocycles. The van der Waals surface area contributed by atoms with Crippen molar-refractivity contribution >= 4 is 29.1 Å². The van der Waals surface area contributed by atoms with E-state index in [4.69, 9.17) is 0 Å². The fourth-order valence-electron chi connectivity index (χ4n) is 1.68. The van der Waals surface area contributed by atoms with Crippen LogP contribution in [0.1, 0.15) is 17.8 Å². The molecule has 20 heavy (non-hydrogen) atoms. The first-order valence-electron chi connectivity index (χ1n) is 5.85. The number of piperidine rings is 1. The summed E-state index contributed by atoms with van der Waals surface area (Å²) in [6.07, 6.45) is -3.68. The van der Waals surface area contributed by atoms with E-state index in [1.54, 1.807) is 11.8 Å². The lowest BCUT2D eigenvalue weighted by Gasteiger charge is -2.29. The van der Waals surface area contributed by atoms with Crippen molar-refractivity contribution < 1.29 is 22.8 Å². The zero-order valence-corrected chi connectivity index (χ0v) is 12.1. The van der Waals surface area contributed by atoms with E-state index in [-0.39, 0.29) is 18.3 Å². The Morgan fingerprint density at radius 1 is 1.40 bits per heavy atom. The van der Waals surface area contributed by atoms with E-state index < -0.39 is 12.1 Å². The monoisotopic (exact) mass is 327 g/mol. The van der Waals surface area contributed by atoms with Crippen LogP contribution < -0.4 is 0 Å². The number of nitrogens with zero attached hydrogens (tertiary/aromatic N) is 3. The molecule has 2 rings (SSSR count). The minimum absolute atomic E-state index is 0.253. The number of alkyl halides is 3. The van der Waals surface area contributed by atoms with Crippen LogP contribution in [0.4, 0.5) is 13.2 Å². The van der Waals surface area contributed by atoms with Crippen LogP contribution in [0.5, 0.6) is 0 Å². The predicted octanol–water partition coefficient (Wildman–Crippen LogP) is 2.42. The molecule has 0 N–H and O–H groups in total. The molecule has 1 aliphatic rings. The number of thioether (sulfide) groups is 1. The summed E-state index contributed by atoms with van der Waals surface area (Å²) in [5, 5.41) is 10.1. The van der Waals surface area contributed by atoms with Gasteiger partial charge in [0.2, 0.25) is 0 Å². The molecule has 10 heteroatoms. The van der Waals surface area contributed by atoms with E-state index in [9.17, 15) is 18.0 Å². The van der Waals surface area contributed by atoms with Gasteiger partial charge in [-0.3, -0.25) is 0 Å². The van der Waals surface area contributed by atoms with E-state index in [2.05, 4.69) is 15.0 Å². The van der Waals surface area contributed by atoms with Gasteiger partial charge in [0.1, 0.15) is 5.01 Å². The van der Waals surface area contributed by atoms with Crippen molar-refractivity contribution in [3.63, 3.8) is 0 Å². The highest BCUT2D eigenvalue weighted by atomic mass is 32.2. The molecule has 0 radical (unpaired) electrons. The standard InChI is InChI=1S/C10H12F3N3O2S2/c1-6-14-15-9(19-6)20-7-2-4-16(5-3-7)18-8(17)10(11,12)13/h7H,2-5H2,1H3. The molecule has 0 unspecified atom stereocenters. The number of rotatable bonds is 3. The molecule has 0 amide bonds.